The summed E-state index contributed by atoms with van der Waals surface area (Å²) in [6, 6.07) is 0. The Bertz CT molecular complexity index is 436. The van der Waals surface area contributed by atoms with Gasteiger partial charge in [0.05, 0.1) is 18.8 Å². The van der Waals surface area contributed by atoms with Crippen molar-refractivity contribution in [3.8, 4) is 0 Å². The van der Waals surface area contributed by atoms with E-state index in [-0.39, 0.29) is 6.10 Å². The first-order chi connectivity index (χ1) is 10.6. The molecule has 1 aromatic heterocycles. The summed E-state index contributed by atoms with van der Waals surface area (Å²) in [5.74, 6) is 1.78. The van der Waals surface area contributed by atoms with Gasteiger partial charge in [0.1, 0.15) is 6.61 Å². The molecule has 1 aromatic rings. The van der Waals surface area contributed by atoms with Crippen LogP contribution in [0.15, 0.2) is 4.52 Å². The highest BCUT2D eigenvalue weighted by Gasteiger charge is 2.30. The maximum absolute atomic E-state index is 6.23. The highest BCUT2D eigenvalue weighted by Crippen LogP contribution is 2.22. The van der Waals surface area contributed by atoms with Crippen LogP contribution < -0.4 is 0 Å². The lowest BCUT2D eigenvalue weighted by Gasteiger charge is -2.39. The number of hydrogen-bond donors (Lipinski definition) is 0. The number of hydrogen-bond acceptors (Lipinski definition) is 6. The predicted octanol–water partition coefficient (Wildman–Crippen LogP) is 2.63. The molecule has 6 heteroatoms. The summed E-state index contributed by atoms with van der Waals surface area (Å²) in [4.78, 5) is 6.74. The average molecular weight is 311 g/mol. The zero-order valence-electron chi connectivity index (χ0n) is 14.2. The fraction of sp³-hybridized carbons (Fsp3) is 0.875. The van der Waals surface area contributed by atoms with E-state index in [9.17, 15) is 0 Å². The van der Waals surface area contributed by atoms with Crippen molar-refractivity contribution in [2.75, 3.05) is 20.2 Å². The van der Waals surface area contributed by atoms with E-state index in [0.717, 1.165) is 19.5 Å². The molecule has 0 radical (unpaired) electrons. The van der Waals surface area contributed by atoms with Crippen LogP contribution in [-0.4, -0.2) is 47.4 Å². The summed E-state index contributed by atoms with van der Waals surface area (Å²) in [6.07, 6.45) is 4.12. The predicted molar refractivity (Wildman–Crippen MR) is 83.3 cm³/mol. The molecule has 22 heavy (non-hydrogen) atoms. The van der Waals surface area contributed by atoms with Crippen LogP contribution in [0, 0.1) is 5.92 Å². The lowest BCUT2D eigenvalue weighted by molar-refractivity contribution is -0.109. The molecular weight excluding hydrogens is 282 g/mol. The fourth-order valence-electron chi connectivity index (χ4n) is 2.77. The van der Waals surface area contributed by atoms with Crippen LogP contribution in [0.5, 0.6) is 0 Å². The maximum Gasteiger partial charge on any atom is 0.240 e. The van der Waals surface area contributed by atoms with Crippen LogP contribution in [0.1, 0.15) is 51.7 Å². The Morgan fingerprint density at radius 3 is 2.86 bits per heavy atom. The van der Waals surface area contributed by atoms with Crippen LogP contribution in [0.25, 0.3) is 0 Å². The molecule has 0 amide bonds. The first-order valence-electron chi connectivity index (χ1n) is 8.30. The topological polar surface area (TPSA) is 60.6 Å². The van der Waals surface area contributed by atoms with Crippen molar-refractivity contribution in [1.29, 1.82) is 0 Å². The SMILES string of the molecule is CCCC[C@@H]1CN(Cc2nc(COC)no2)C[C@H](C(C)C)O1. The van der Waals surface area contributed by atoms with Gasteiger partial charge in [0.15, 0.2) is 5.82 Å². The van der Waals surface area contributed by atoms with Crippen molar-refractivity contribution in [1.82, 2.24) is 15.0 Å². The normalized spacial score (nSPS) is 23.3. The summed E-state index contributed by atoms with van der Waals surface area (Å²) in [5.41, 5.74) is 0. The molecule has 1 saturated heterocycles. The molecule has 0 N–H and O–H groups in total. The second kappa shape index (κ2) is 8.60. The third kappa shape index (κ3) is 5.04. The van der Waals surface area contributed by atoms with Gasteiger partial charge in [0, 0.05) is 20.2 Å². The van der Waals surface area contributed by atoms with Gasteiger partial charge < -0.3 is 14.0 Å². The third-order valence-electron chi connectivity index (χ3n) is 4.03. The lowest BCUT2D eigenvalue weighted by Crippen LogP contribution is -2.49. The van der Waals surface area contributed by atoms with Crippen molar-refractivity contribution in [2.24, 2.45) is 5.92 Å². The van der Waals surface area contributed by atoms with Gasteiger partial charge in [-0.05, 0) is 12.3 Å². The van der Waals surface area contributed by atoms with Gasteiger partial charge in [-0.15, -0.1) is 0 Å². The van der Waals surface area contributed by atoms with E-state index < -0.39 is 0 Å². The lowest BCUT2D eigenvalue weighted by atomic mass is 10.0. The smallest absolute Gasteiger partial charge is 0.240 e. The Balaban J connectivity index is 1.94. The summed E-state index contributed by atoms with van der Waals surface area (Å²) < 4.78 is 16.6. The molecule has 2 rings (SSSR count). The van der Waals surface area contributed by atoms with E-state index in [1.165, 1.54) is 12.8 Å². The Morgan fingerprint density at radius 1 is 1.36 bits per heavy atom. The molecule has 1 aliphatic heterocycles. The third-order valence-corrected chi connectivity index (χ3v) is 4.03. The van der Waals surface area contributed by atoms with E-state index in [1.54, 1.807) is 7.11 Å². The number of nitrogens with zero attached hydrogens (tertiary/aromatic N) is 3. The number of methoxy groups -OCH3 is 1. The first-order valence-corrected chi connectivity index (χ1v) is 8.30. The average Bonchev–Trinajstić information content (AvgIpc) is 2.92. The number of aromatic nitrogens is 2. The minimum absolute atomic E-state index is 0.275. The molecule has 126 valence electrons. The zero-order chi connectivity index (χ0) is 15.9. The molecule has 0 spiro atoms. The van der Waals surface area contributed by atoms with Crippen molar-refractivity contribution >= 4 is 0 Å². The van der Waals surface area contributed by atoms with Crippen LogP contribution >= 0.6 is 0 Å². The van der Waals surface area contributed by atoms with Gasteiger partial charge in [-0.2, -0.15) is 4.98 Å². The molecule has 0 saturated carbocycles. The number of unbranched alkanes of at least 4 members (excludes halogenated alkanes) is 1. The summed E-state index contributed by atoms with van der Waals surface area (Å²) >= 11 is 0. The Hall–Kier alpha value is -0.980. The number of rotatable bonds is 8. The van der Waals surface area contributed by atoms with Crippen molar-refractivity contribution in [3.63, 3.8) is 0 Å². The van der Waals surface area contributed by atoms with Crippen LogP contribution in [0.4, 0.5) is 0 Å². The van der Waals surface area contributed by atoms with Gasteiger partial charge in [0.2, 0.25) is 5.89 Å². The second-order valence-corrected chi connectivity index (χ2v) is 6.41. The fourth-order valence-corrected chi connectivity index (χ4v) is 2.77. The molecule has 6 nitrogen and oxygen atoms in total. The number of ether oxygens (including phenoxy) is 2. The molecule has 0 aliphatic carbocycles. The number of morpholine rings is 1. The highest BCUT2D eigenvalue weighted by molar-refractivity contribution is 4.87. The zero-order valence-corrected chi connectivity index (χ0v) is 14.2. The van der Waals surface area contributed by atoms with Gasteiger partial charge >= 0.3 is 0 Å². The Labute approximate surface area is 133 Å². The summed E-state index contributed by atoms with van der Waals surface area (Å²) in [6.45, 7) is 9.58. The largest absolute Gasteiger partial charge is 0.377 e. The standard InChI is InChI=1S/C16H29N3O3/c1-5-6-7-13-8-19(9-14(21-13)12(2)3)10-16-17-15(11-20-4)18-22-16/h12-14H,5-11H2,1-4H3/t13-,14-/m1/s1. The molecule has 2 atom stereocenters. The maximum atomic E-state index is 6.23. The van der Waals surface area contributed by atoms with Gasteiger partial charge in [-0.1, -0.05) is 38.8 Å². The van der Waals surface area contributed by atoms with Crippen LogP contribution in [0.2, 0.25) is 0 Å². The molecule has 0 aromatic carbocycles. The Kier molecular flexibility index (Phi) is 6.79. The first kappa shape index (κ1) is 17.4. The molecule has 1 aliphatic rings. The van der Waals surface area contributed by atoms with Crippen molar-refractivity contribution < 1.29 is 14.0 Å². The molecule has 2 heterocycles. The molecule has 0 unspecified atom stereocenters. The van der Waals surface area contributed by atoms with E-state index in [4.69, 9.17) is 14.0 Å². The molecular formula is C16H29N3O3. The quantitative estimate of drug-likeness (QED) is 0.735. The van der Waals surface area contributed by atoms with E-state index in [2.05, 4.69) is 35.8 Å². The Morgan fingerprint density at radius 2 is 2.18 bits per heavy atom. The summed E-state index contributed by atoms with van der Waals surface area (Å²) in [7, 11) is 1.63. The highest BCUT2D eigenvalue weighted by atomic mass is 16.5. The monoisotopic (exact) mass is 311 g/mol. The van der Waals surface area contributed by atoms with Crippen molar-refractivity contribution in [3.05, 3.63) is 11.7 Å². The second-order valence-electron chi connectivity index (χ2n) is 6.41. The minimum Gasteiger partial charge on any atom is -0.377 e. The minimum atomic E-state index is 0.275. The van der Waals surface area contributed by atoms with Gasteiger partial charge in [-0.3, -0.25) is 4.90 Å². The van der Waals surface area contributed by atoms with E-state index in [0.29, 0.717) is 36.9 Å². The molecule has 0 bridgehead atoms. The van der Waals surface area contributed by atoms with Gasteiger partial charge in [-0.25, -0.2) is 0 Å². The summed E-state index contributed by atoms with van der Waals surface area (Å²) in [5, 5.41) is 3.93. The van der Waals surface area contributed by atoms with E-state index >= 15 is 0 Å². The molecule has 1 fully saturated rings. The van der Waals surface area contributed by atoms with Crippen molar-refractivity contribution in [2.45, 2.75) is 65.4 Å². The van der Waals surface area contributed by atoms with Gasteiger partial charge in [0.25, 0.3) is 0 Å². The van der Waals surface area contributed by atoms with Crippen LogP contribution in [0.3, 0.4) is 0 Å². The van der Waals surface area contributed by atoms with E-state index in [1.807, 2.05) is 0 Å². The van der Waals surface area contributed by atoms with Crippen LogP contribution in [-0.2, 0) is 22.6 Å².